The van der Waals surface area contributed by atoms with Crippen LogP contribution in [0.5, 0.6) is 0 Å². The molecule has 1 aliphatic rings. The third-order valence-electron chi connectivity index (χ3n) is 4.30. The van der Waals surface area contributed by atoms with Crippen LogP contribution in [-0.2, 0) is 11.2 Å². The minimum atomic E-state index is 0.161. The Morgan fingerprint density at radius 1 is 1.14 bits per heavy atom. The van der Waals surface area contributed by atoms with E-state index in [0.717, 1.165) is 38.0 Å². The molecule has 0 saturated carbocycles. The lowest BCUT2D eigenvalue weighted by Crippen LogP contribution is -2.33. The van der Waals surface area contributed by atoms with Gasteiger partial charge in [-0.1, -0.05) is 30.3 Å². The van der Waals surface area contributed by atoms with Crippen LogP contribution in [0.4, 0.5) is 0 Å². The average Bonchev–Trinajstić information content (AvgIpc) is 2.83. The van der Waals surface area contributed by atoms with Crippen molar-refractivity contribution in [3.05, 3.63) is 60.2 Å². The Labute approximate surface area is 131 Å². The van der Waals surface area contributed by atoms with E-state index >= 15 is 0 Å². The molecule has 2 heterocycles. The second-order valence-corrected chi connectivity index (χ2v) is 5.79. The van der Waals surface area contributed by atoms with Gasteiger partial charge in [0, 0.05) is 31.7 Å². The number of hydrogen-bond acceptors (Lipinski definition) is 3. The molecule has 0 aliphatic carbocycles. The maximum Gasteiger partial charge on any atom is 0.228 e. The van der Waals surface area contributed by atoms with Crippen molar-refractivity contribution >= 4 is 5.91 Å². The molecule has 22 heavy (non-hydrogen) atoms. The highest BCUT2D eigenvalue weighted by molar-refractivity contribution is 5.78. The average molecular weight is 295 g/mol. The van der Waals surface area contributed by atoms with E-state index in [2.05, 4.69) is 40.3 Å². The first-order valence-electron chi connectivity index (χ1n) is 7.90. The lowest BCUT2D eigenvalue weighted by Gasteiger charge is -2.20. The van der Waals surface area contributed by atoms with Crippen molar-refractivity contribution in [3.63, 3.8) is 0 Å². The molecular weight excluding hydrogens is 274 g/mol. The third kappa shape index (κ3) is 3.70. The summed E-state index contributed by atoms with van der Waals surface area (Å²) < 4.78 is 0. The Balaban J connectivity index is 1.59. The van der Waals surface area contributed by atoms with E-state index < -0.39 is 0 Å². The molecule has 1 aromatic heterocycles. The van der Waals surface area contributed by atoms with Gasteiger partial charge in [0.15, 0.2) is 0 Å². The van der Waals surface area contributed by atoms with Crippen LogP contribution in [0.1, 0.15) is 36.4 Å². The summed E-state index contributed by atoms with van der Waals surface area (Å²) in [5.41, 5.74) is 2.14. The number of carbonyl (C=O) groups is 1. The first-order chi connectivity index (χ1) is 10.8. The predicted octanol–water partition coefficient (Wildman–Crippen LogP) is 2.82. The molecule has 1 saturated heterocycles. The molecule has 4 nitrogen and oxygen atoms in total. The number of amides is 1. The largest absolute Gasteiger partial charge is 0.342 e. The molecule has 1 fully saturated rings. The van der Waals surface area contributed by atoms with Gasteiger partial charge in [0.05, 0.1) is 12.1 Å². The van der Waals surface area contributed by atoms with Gasteiger partial charge in [-0.3, -0.25) is 14.8 Å². The summed E-state index contributed by atoms with van der Waals surface area (Å²) in [5, 5.41) is 0. The van der Waals surface area contributed by atoms with Gasteiger partial charge in [-0.15, -0.1) is 0 Å². The fraction of sp³-hybridized carbons (Fsp3) is 0.389. The topological polar surface area (TPSA) is 46.1 Å². The predicted molar refractivity (Wildman–Crippen MR) is 85.4 cm³/mol. The number of likely N-dealkylation sites (tertiary alicyclic amines) is 1. The molecule has 0 radical (unpaired) electrons. The summed E-state index contributed by atoms with van der Waals surface area (Å²) in [6, 6.07) is 10.6. The highest BCUT2D eigenvalue weighted by atomic mass is 16.2. The first-order valence-corrected chi connectivity index (χ1v) is 7.90. The Morgan fingerprint density at radius 3 is 2.77 bits per heavy atom. The lowest BCUT2D eigenvalue weighted by atomic mass is 9.92. The zero-order valence-corrected chi connectivity index (χ0v) is 12.7. The monoisotopic (exact) mass is 295 g/mol. The standard InChI is InChI=1S/C18H21N3O/c22-18(13-17-14-19-9-10-20-17)21-11-4-7-16(8-12-21)15-5-2-1-3-6-15/h1-3,5-6,9-10,14,16H,4,7-8,11-13H2/t16-/m0/s1. The van der Waals surface area contributed by atoms with Crippen molar-refractivity contribution in [2.45, 2.75) is 31.6 Å². The van der Waals surface area contributed by atoms with Gasteiger partial charge < -0.3 is 4.90 Å². The van der Waals surface area contributed by atoms with Gasteiger partial charge in [0.25, 0.3) is 0 Å². The van der Waals surface area contributed by atoms with Gasteiger partial charge in [0.1, 0.15) is 0 Å². The van der Waals surface area contributed by atoms with Crippen molar-refractivity contribution in [2.24, 2.45) is 0 Å². The Hall–Kier alpha value is -2.23. The lowest BCUT2D eigenvalue weighted by molar-refractivity contribution is -0.130. The van der Waals surface area contributed by atoms with Crippen LogP contribution in [0.15, 0.2) is 48.9 Å². The van der Waals surface area contributed by atoms with Crippen LogP contribution in [0.2, 0.25) is 0 Å². The first kappa shape index (κ1) is 14.7. The molecule has 2 aromatic rings. The fourth-order valence-corrected chi connectivity index (χ4v) is 3.09. The van der Waals surface area contributed by atoms with E-state index in [-0.39, 0.29) is 5.91 Å². The van der Waals surface area contributed by atoms with Crippen molar-refractivity contribution in [1.82, 2.24) is 14.9 Å². The number of carbonyl (C=O) groups excluding carboxylic acids is 1. The smallest absolute Gasteiger partial charge is 0.228 e. The zero-order chi connectivity index (χ0) is 15.2. The summed E-state index contributed by atoms with van der Waals surface area (Å²) >= 11 is 0. The molecule has 1 aromatic carbocycles. The maximum absolute atomic E-state index is 12.4. The van der Waals surface area contributed by atoms with E-state index in [1.807, 2.05) is 4.90 Å². The number of nitrogens with zero attached hydrogens (tertiary/aromatic N) is 3. The molecule has 3 rings (SSSR count). The van der Waals surface area contributed by atoms with Crippen molar-refractivity contribution < 1.29 is 4.79 Å². The zero-order valence-electron chi connectivity index (χ0n) is 12.7. The SMILES string of the molecule is O=C(Cc1cnccn1)N1CCC[C@H](c2ccccc2)CC1. The quantitative estimate of drug-likeness (QED) is 0.874. The van der Waals surface area contributed by atoms with Crippen LogP contribution in [0, 0.1) is 0 Å². The van der Waals surface area contributed by atoms with Gasteiger partial charge in [-0.2, -0.15) is 0 Å². The van der Waals surface area contributed by atoms with E-state index in [9.17, 15) is 4.79 Å². The molecule has 0 bridgehead atoms. The van der Waals surface area contributed by atoms with Crippen LogP contribution in [0.25, 0.3) is 0 Å². The van der Waals surface area contributed by atoms with Crippen LogP contribution < -0.4 is 0 Å². The molecule has 0 N–H and O–H groups in total. The minimum absolute atomic E-state index is 0.161. The number of aromatic nitrogens is 2. The Kier molecular flexibility index (Phi) is 4.78. The Bertz CT molecular complexity index is 600. The number of benzene rings is 1. The molecule has 0 unspecified atom stereocenters. The van der Waals surface area contributed by atoms with Crippen LogP contribution in [-0.4, -0.2) is 33.9 Å². The van der Waals surface area contributed by atoms with Crippen LogP contribution >= 0.6 is 0 Å². The second-order valence-electron chi connectivity index (χ2n) is 5.79. The normalized spacial score (nSPS) is 18.7. The second kappa shape index (κ2) is 7.16. The molecular formula is C18H21N3O. The van der Waals surface area contributed by atoms with Crippen molar-refractivity contribution in [3.8, 4) is 0 Å². The molecule has 1 aliphatic heterocycles. The summed E-state index contributed by atoms with van der Waals surface area (Å²) in [6.45, 7) is 1.68. The fourth-order valence-electron chi connectivity index (χ4n) is 3.09. The summed E-state index contributed by atoms with van der Waals surface area (Å²) in [4.78, 5) is 22.6. The maximum atomic E-state index is 12.4. The van der Waals surface area contributed by atoms with E-state index in [1.54, 1.807) is 18.6 Å². The summed E-state index contributed by atoms with van der Waals surface area (Å²) in [7, 11) is 0. The van der Waals surface area contributed by atoms with E-state index in [1.165, 1.54) is 5.56 Å². The molecule has 1 amide bonds. The van der Waals surface area contributed by atoms with Gasteiger partial charge in [-0.25, -0.2) is 0 Å². The van der Waals surface area contributed by atoms with Crippen molar-refractivity contribution in [2.75, 3.05) is 13.1 Å². The summed E-state index contributed by atoms with van der Waals surface area (Å²) in [5.74, 6) is 0.727. The van der Waals surface area contributed by atoms with Crippen molar-refractivity contribution in [1.29, 1.82) is 0 Å². The molecule has 0 spiro atoms. The van der Waals surface area contributed by atoms with E-state index in [0.29, 0.717) is 12.3 Å². The van der Waals surface area contributed by atoms with Crippen LogP contribution in [0.3, 0.4) is 0 Å². The summed E-state index contributed by atoms with van der Waals surface area (Å²) in [6.07, 6.45) is 8.54. The van der Waals surface area contributed by atoms with Gasteiger partial charge in [0.2, 0.25) is 5.91 Å². The van der Waals surface area contributed by atoms with E-state index in [4.69, 9.17) is 0 Å². The molecule has 114 valence electrons. The number of rotatable bonds is 3. The molecule has 1 atom stereocenters. The highest BCUT2D eigenvalue weighted by Gasteiger charge is 2.21. The van der Waals surface area contributed by atoms with Gasteiger partial charge in [-0.05, 0) is 30.7 Å². The Morgan fingerprint density at radius 2 is 2.00 bits per heavy atom. The molecule has 4 heteroatoms. The third-order valence-corrected chi connectivity index (χ3v) is 4.30. The number of hydrogen-bond donors (Lipinski definition) is 0. The minimum Gasteiger partial charge on any atom is -0.342 e. The highest BCUT2D eigenvalue weighted by Crippen LogP contribution is 2.27. The van der Waals surface area contributed by atoms with Gasteiger partial charge >= 0.3 is 0 Å².